The summed E-state index contributed by atoms with van der Waals surface area (Å²) in [7, 11) is 0. The molecular formula is C12H6Cl3N3. The zero-order valence-corrected chi connectivity index (χ0v) is 11.5. The van der Waals surface area contributed by atoms with E-state index in [9.17, 15) is 0 Å². The Bertz CT molecular complexity index is 662. The van der Waals surface area contributed by atoms with E-state index in [1.165, 1.54) is 0 Å². The average Bonchev–Trinajstić information content (AvgIpc) is 2.32. The van der Waals surface area contributed by atoms with Crippen LogP contribution in [0.25, 0.3) is 11.3 Å². The lowest BCUT2D eigenvalue weighted by atomic mass is 10.1. The Hall–Kier alpha value is -1.34. The van der Waals surface area contributed by atoms with Crippen LogP contribution in [0.4, 0.5) is 0 Å². The van der Waals surface area contributed by atoms with E-state index in [4.69, 9.17) is 40.1 Å². The van der Waals surface area contributed by atoms with Crippen molar-refractivity contribution in [3.8, 4) is 17.3 Å². The number of aryl methyl sites for hydroxylation is 1. The van der Waals surface area contributed by atoms with E-state index in [0.29, 0.717) is 27.1 Å². The molecule has 0 aliphatic heterocycles. The van der Waals surface area contributed by atoms with E-state index in [1.807, 2.05) is 6.07 Å². The minimum absolute atomic E-state index is 0.131. The first kappa shape index (κ1) is 13.1. The summed E-state index contributed by atoms with van der Waals surface area (Å²) in [5.41, 5.74) is 1.35. The SMILES string of the molecule is Cc1nc(Cl)c(C#N)c(-c2ccc(Cl)c(Cl)c2)n1. The number of aromatic nitrogens is 2. The van der Waals surface area contributed by atoms with Crippen molar-refractivity contribution in [1.82, 2.24) is 9.97 Å². The molecule has 0 fully saturated rings. The van der Waals surface area contributed by atoms with Gasteiger partial charge in [0.1, 0.15) is 17.5 Å². The second-order valence-electron chi connectivity index (χ2n) is 3.53. The largest absolute Gasteiger partial charge is 0.232 e. The van der Waals surface area contributed by atoms with Gasteiger partial charge in [-0.15, -0.1) is 0 Å². The lowest BCUT2D eigenvalue weighted by Gasteiger charge is -2.07. The van der Waals surface area contributed by atoms with Gasteiger partial charge in [0.25, 0.3) is 0 Å². The van der Waals surface area contributed by atoms with Crippen molar-refractivity contribution < 1.29 is 0 Å². The summed E-state index contributed by atoms with van der Waals surface area (Å²) < 4.78 is 0. The molecule has 1 aromatic carbocycles. The minimum atomic E-state index is 0.131. The van der Waals surface area contributed by atoms with Gasteiger partial charge in [-0.2, -0.15) is 5.26 Å². The lowest BCUT2D eigenvalue weighted by Crippen LogP contribution is -1.97. The molecule has 0 saturated carbocycles. The van der Waals surface area contributed by atoms with Crippen LogP contribution in [0.2, 0.25) is 15.2 Å². The van der Waals surface area contributed by atoms with Gasteiger partial charge in [-0.3, -0.25) is 0 Å². The van der Waals surface area contributed by atoms with Crippen LogP contribution in [0.15, 0.2) is 18.2 Å². The van der Waals surface area contributed by atoms with Crippen LogP contribution in [0.1, 0.15) is 11.4 Å². The predicted octanol–water partition coefficient (Wildman–Crippen LogP) is 4.28. The van der Waals surface area contributed by atoms with Gasteiger partial charge >= 0.3 is 0 Å². The number of benzene rings is 1. The van der Waals surface area contributed by atoms with Crippen LogP contribution in [0.5, 0.6) is 0 Å². The molecule has 0 aliphatic carbocycles. The fourth-order valence-corrected chi connectivity index (χ4v) is 2.04. The monoisotopic (exact) mass is 297 g/mol. The van der Waals surface area contributed by atoms with Gasteiger partial charge in [-0.1, -0.05) is 40.9 Å². The molecule has 0 aliphatic rings. The predicted molar refractivity (Wildman–Crippen MR) is 72.0 cm³/mol. The molecule has 90 valence electrons. The van der Waals surface area contributed by atoms with Crippen molar-refractivity contribution in [2.24, 2.45) is 0 Å². The van der Waals surface area contributed by atoms with Gasteiger partial charge in [0.15, 0.2) is 5.15 Å². The molecule has 0 radical (unpaired) electrons. The number of nitriles is 1. The Balaban J connectivity index is 2.70. The molecule has 0 bridgehead atoms. The highest BCUT2D eigenvalue weighted by Crippen LogP contribution is 2.30. The van der Waals surface area contributed by atoms with E-state index < -0.39 is 0 Å². The Kier molecular flexibility index (Phi) is 3.72. The maximum atomic E-state index is 9.10. The van der Waals surface area contributed by atoms with Crippen molar-refractivity contribution >= 4 is 34.8 Å². The molecule has 1 aromatic heterocycles. The molecule has 0 unspecified atom stereocenters. The third-order valence-corrected chi connectivity index (χ3v) is 3.29. The Labute approximate surface area is 119 Å². The van der Waals surface area contributed by atoms with Crippen LogP contribution < -0.4 is 0 Å². The maximum Gasteiger partial charge on any atom is 0.151 e. The normalized spacial score (nSPS) is 10.2. The molecule has 0 atom stereocenters. The third kappa shape index (κ3) is 2.41. The number of rotatable bonds is 1. The van der Waals surface area contributed by atoms with Gasteiger partial charge in [-0.05, 0) is 19.1 Å². The number of hydrogen-bond acceptors (Lipinski definition) is 3. The average molecular weight is 299 g/mol. The van der Waals surface area contributed by atoms with Gasteiger partial charge in [0.05, 0.1) is 15.7 Å². The van der Waals surface area contributed by atoms with E-state index in [1.54, 1.807) is 25.1 Å². The van der Waals surface area contributed by atoms with E-state index in [-0.39, 0.29) is 10.7 Å². The molecule has 0 N–H and O–H groups in total. The molecule has 1 heterocycles. The van der Waals surface area contributed by atoms with Gasteiger partial charge in [-0.25, -0.2) is 9.97 Å². The van der Waals surface area contributed by atoms with Crippen molar-refractivity contribution in [3.05, 3.63) is 44.8 Å². The van der Waals surface area contributed by atoms with Gasteiger partial charge in [0, 0.05) is 5.56 Å². The van der Waals surface area contributed by atoms with Crippen LogP contribution in [-0.2, 0) is 0 Å². The number of hydrogen-bond donors (Lipinski definition) is 0. The smallest absolute Gasteiger partial charge is 0.151 e. The molecule has 18 heavy (non-hydrogen) atoms. The highest BCUT2D eigenvalue weighted by molar-refractivity contribution is 6.42. The second-order valence-corrected chi connectivity index (χ2v) is 4.70. The van der Waals surface area contributed by atoms with Crippen LogP contribution in [-0.4, -0.2) is 9.97 Å². The third-order valence-electron chi connectivity index (χ3n) is 2.28. The van der Waals surface area contributed by atoms with Gasteiger partial charge < -0.3 is 0 Å². The van der Waals surface area contributed by atoms with E-state index >= 15 is 0 Å². The van der Waals surface area contributed by atoms with Crippen molar-refractivity contribution in [3.63, 3.8) is 0 Å². The quantitative estimate of drug-likeness (QED) is 0.738. The van der Waals surface area contributed by atoms with Crippen molar-refractivity contribution in [2.45, 2.75) is 6.92 Å². The molecule has 6 heteroatoms. The first-order valence-electron chi connectivity index (χ1n) is 4.92. The Morgan fingerprint density at radius 3 is 2.44 bits per heavy atom. The highest BCUT2D eigenvalue weighted by Gasteiger charge is 2.14. The molecule has 3 nitrogen and oxygen atoms in total. The molecular weight excluding hydrogens is 293 g/mol. The zero-order chi connectivity index (χ0) is 13.3. The summed E-state index contributed by atoms with van der Waals surface area (Å²) in [6.07, 6.45) is 0. The standard InChI is InChI=1S/C12H6Cl3N3/c1-6-17-11(8(5-16)12(15)18-6)7-2-3-9(13)10(14)4-7/h2-4H,1H3. The van der Waals surface area contributed by atoms with Crippen LogP contribution in [0, 0.1) is 18.3 Å². The van der Waals surface area contributed by atoms with Crippen LogP contribution in [0.3, 0.4) is 0 Å². The Morgan fingerprint density at radius 2 is 1.83 bits per heavy atom. The minimum Gasteiger partial charge on any atom is -0.232 e. The molecule has 2 rings (SSSR count). The summed E-state index contributed by atoms with van der Waals surface area (Å²) in [4.78, 5) is 8.17. The van der Waals surface area contributed by atoms with Crippen molar-refractivity contribution in [1.29, 1.82) is 5.26 Å². The van der Waals surface area contributed by atoms with E-state index in [2.05, 4.69) is 9.97 Å². The molecule has 2 aromatic rings. The van der Waals surface area contributed by atoms with E-state index in [0.717, 1.165) is 0 Å². The molecule has 0 amide bonds. The summed E-state index contributed by atoms with van der Waals surface area (Å²) in [5.74, 6) is 0.486. The van der Waals surface area contributed by atoms with Crippen molar-refractivity contribution in [2.75, 3.05) is 0 Å². The first-order valence-corrected chi connectivity index (χ1v) is 6.06. The zero-order valence-electron chi connectivity index (χ0n) is 9.21. The highest BCUT2D eigenvalue weighted by atomic mass is 35.5. The summed E-state index contributed by atoms with van der Waals surface area (Å²) in [5, 5.41) is 10.1. The van der Waals surface area contributed by atoms with Crippen LogP contribution >= 0.6 is 34.8 Å². The summed E-state index contributed by atoms with van der Waals surface area (Å²) >= 11 is 17.7. The number of nitrogens with zero attached hydrogens (tertiary/aromatic N) is 3. The fraction of sp³-hybridized carbons (Fsp3) is 0.0833. The number of halogens is 3. The molecule has 0 saturated heterocycles. The first-order chi connectivity index (χ1) is 8.52. The second kappa shape index (κ2) is 5.11. The lowest BCUT2D eigenvalue weighted by molar-refractivity contribution is 1.05. The fourth-order valence-electron chi connectivity index (χ4n) is 1.49. The topological polar surface area (TPSA) is 49.6 Å². The molecule has 0 spiro atoms. The summed E-state index contributed by atoms with van der Waals surface area (Å²) in [6, 6.07) is 7.01. The van der Waals surface area contributed by atoms with Gasteiger partial charge in [0.2, 0.25) is 0 Å². The Morgan fingerprint density at radius 1 is 1.11 bits per heavy atom. The summed E-state index contributed by atoms with van der Waals surface area (Å²) in [6.45, 7) is 1.70. The maximum absolute atomic E-state index is 9.10.